The zero-order valence-corrected chi connectivity index (χ0v) is 11.5. The number of phenolic OH excluding ortho intramolecular Hbond substituents is 1. The van der Waals surface area contributed by atoms with Crippen LogP contribution in [-0.2, 0) is 6.54 Å². The summed E-state index contributed by atoms with van der Waals surface area (Å²) in [5, 5.41) is 12.8. The number of ether oxygens (including phenoxy) is 1. The van der Waals surface area contributed by atoms with E-state index < -0.39 is 0 Å². The molecule has 0 spiro atoms. The molecule has 5 heteroatoms. The molecule has 0 aliphatic rings. The molecular weight excluding hydrogens is 256 g/mol. The van der Waals surface area contributed by atoms with Gasteiger partial charge in [-0.3, -0.25) is 0 Å². The van der Waals surface area contributed by atoms with Gasteiger partial charge in [-0.15, -0.1) is 0 Å². The number of aromatic hydroxyl groups is 1. The fourth-order valence-corrected chi connectivity index (χ4v) is 1.97. The van der Waals surface area contributed by atoms with Gasteiger partial charge in [0, 0.05) is 6.04 Å². The summed E-state index contributed by atoms with van der Waals surface area (Å²) in [5.41, 5.74) is 7.07. The highest BCUT2D eigenvalue weighted by Crippen LogP contribution is 2.28. The normalized spacial score (nSPS) is 12.3. The summed E-state index contributed by atoms with van der Waals surface area (Å²) >= 11 is 0. The molecule has 2 rings (SSSR count). The van der Waals surface area contributed by atoms with Crippen LogP contribution in [0.2, 0.25) is 0 Å². The third-order valence-corrected chi connectivity index (χ3v) is 3.14. The monoisotopic (exact) mass is 276 g/mol. The van der Waals surface area contributed by atoms with E-state index in [0.29, 0.717) is 12.3 Å². The molecule has 0 bridgehead atoms. The molecule has 108 valence electrons. The standard InChI is InChI=1S/C15H20N2O3/c1-19-15-9-11(4-5-14(15)18)13(16)6-7-17-10-12-3-2-8-20-12/h2-5,8-9,13,17-18H,6-7,10,16H2,1H3. The average Bonchev–Trinajstić information content (AvgIpc) is 2.97. The number of nitrogens with one attached hydrogen (secondary N) is 1. The van der Waals surface area contributed by atoms with Gasteiger partial charge in [0.15, 0.2) is 11.5 Å². The van der Waals surface area contributed by atoms with Crippen LogP contribution in [0.5, 0.6) is 11.5 Å². The van der Waals surface area contributed by atoms with Gasteiger partial charge in [0.1, 0.15) is 5.76 Å². The van der Waals surface area contributed by atoms with Gasteiger partial charge < -0.3 is 25.3 Å². The van der Waals surface area contributed by atoms with Crippen LogP contribution in [0.1, 0.15) is 23.8 Å². The van der Waals surface area contributed by atoms with Crippen molar-refractivity contribution in [3.05, 3.63) is 47.9 Å². The van der Waals surface area contributed by atoms with Crippen LogP contribution in [0.15, 0.2) is 41.0 Å². The van der Waals surface area contributed by atoms with Crippen LogP contribution in [-0.4, -0.2) is 18.8 Å². The van der Waals surface area contributed by atoms with Crippen molar-refractivity contribution in [1.82, 2.24) is 5.32 Å². The summed E-state index contributed by atoms with van der Waals surface area (Å²) in [5.74, 6) is 1.48. The van der Waals surface area contributed by atoms with Gasteiger partial charge in [-0.2, -0.15) is 0 Å². The maximum Gasteiger partial charge on any atom is 0.160 e. The molecule has 0 saturated carbocycles. The molecular formula is C15H20N2O3. The van der Waals surface area contributed by atoms with E-state index in [2.05, 4.69) is 5.32 Å². The van der Waals surface area contributed by atoms with E-state index in [1.807, 2.05) is 18.2 Å². The lowest BCUT2D eigenvalue weighted by Gasteiger charge is -2.14. The molecule has 0 aliphatic carbocycles. The number of benzene rings is 1. The zero-order valence-electron chi connectivity index (χ0n) is 11.5. The highest BCUT2D eigenvalue weighted by molar-refractivity contribution is 5.42. The zero-order chi connectivity index (χ0) is 14.4. The van der Waals surface area contributed by atoms with Crippen LogP contribution in [0, 0.1) is 0 Å². The first-order valence-corrected chi connectivity index (χ1v) is 6.56. The van der Waals surface area contributed by atoms with Crippen LogP contribution in [0.4, 0.5) is 0 Å². The smallest absolute Gasteiger partial charge is 0.160 e. The van der Waals surface area contributed by atoms with Crippen molar-refractivity contribution in [1.29, 1.82) is 0 Å². The van der Waals surface area contributed by atoms with E-state index in [-0.39, 0.29) is 11.8 Å². The summed E-state index contributed by atoms with van der Waals surface area (Å²) in [6, 6.07) is 8.88. The Labute approximate surface area is 118 Å². The van der Waals surface area contributed by atoms with E-state index in [4.69, 9.17) is 14.9 Å². The molecule has 1 heterocycles. The number of rotatable bonds is 7. The third kappa shape index (κ3) is 3.76. The highest BCUT2D eigenvalue weighted by atomic mass is 16.5. The predicted molar refractivity (Wildman–Crippen MR) is 76.6 cm³/mol. The first-order valence-electron chi connectivity index (χ1n) is 6.56. The Morgan fingerprint density at radius 3 is 2.95 bits per heavy atom. The Morgan fingerprint density at radius 2 is 2.25 bits per heavy atom. The minimum Gasteiger partial charge on any atom is -0.504 e. The molecule has 4 N–H and O–H groups in total. The number of nitrogens with two attached hydrogens (primary N) is 1. The Balaban J connectivity index is 1.80. The Hall–Kier alpha value is -1.98. The molecule has 0 amide bonds. The quantitative estimate of drug-likeness (QED) is 0.675. The molecule has 1 aromatic carbocycles. The Bertz CT molecular complexity index is 526. The van der Waals surface area contributed by atoms with Gasteiger partial charge in [-0.25, -0.2) is 0 Å². The van der Waals surface area contributed by atoms with Crippen molar-refractivity contribution in [3.63, 3.8) is 0 Å². The largest absolute Gasteiger partial charge is 0.504 e. The van der Waals surface area contributed by atoms with Crippen molar-refractivity contribution in [2.75, 3.05) is 13.7 Å². The maximum atomic E-state index is 9.55. The molecule has 1 unspecified atom stereocenters. The van der Waals surface area contributed by atoms with Crippen molar-refractivity contribution in [2.45, 2.75) is 19.0 Å². The van der Waals surface area contributed by atoms with Gasteiger partial charge >= 0.3 is 0 Å². The van der Waals surface area contributed by atoms with Crippen molar-refractivity contribution < 1.29 is 14.3 Å². The van der Waals surface area contributed by atoms with Crippen molar-refractivity contribution in [3.8, 4) is 11.5 Å². The molecule has 0 saturated heterocycles. The van der Waals surface area contributed by atoms with E-state index in [1.54, 1.807) is 18.4 Å². The molecule has 0 aliphatic heterocycles. The summed E-state index contributed by atoms with van der Waals surface area (Å²) in [6.07, 6.45) is 2.44. The van der Waals surface area contributed by atoms with E-state index in [0.717, 1.165) is 24.3 Å². The lowest BCUT2D eigenvalue weighted by molar-refractivity contribution is 0.372. The topological polar surface area (TPSA) is 80.7 Å². The van der Waals surface area contributed by atoms with Gasteiger partial charge in [0.25, 0.3) is 0 Å². The van der Waals surface area contributed by atoms with Crippen LogP contribution in [0.3, 0.4) is 0 Å². The van der Waals surface area contributed by atoms with Gasteiger partial charge in [-0.1, -0.05) is 6.07 Å². The molecule has 1 atom stereocenters. The lowest BCUT2D eigenvalue weighted by atomic mass is 10.0. The number of hydrogen-bond acceptors (Lipinski definition) is 5. The van der Waals surface area contributed by atoms with E-state index in [9.17, 15) is 5.11 Å². The van der Waals surface area contributed by atoms with Gasteiger partial charge in [0.2, 0.25) is 0 Å². The lowest BCUT2D eigenvalue weighted by Crippen LogP contribution is -2.20. The molecule has 0 fully saturated rings. The minimum atomic E-state index is -0.103. The molecule has 2 aromatic rings. The third-order valence-electron chi connectivity index (χ3n) is 3.14. The molecule has 20 heavy (non-hydrogen) atoms. The summed E-state index contributed by atoms with van der Waals surface area (Å²) in [6.45, 7) is 1.48. The average molecular weight is 276 g/mol. The van der Waals surface area contributed by atoms with Crippen molar-refractivity contribution in [2.24, 2.45) is 5.73 Å². The number of methoxy groups -OCH3 is 1. The van der Waals surface area contributed by atoms with Crippen molar-refractivity contribution >= 4 is 0 Å². The molecule has 1 aromatic heterocycles. The van der Waals surface area contributed by atoms with Crippen LogP contribution in [0.25, 0.3) is 0 Å². The first kappa shape index (κ1) is 14.4. The maximum absolute atomic E-state index is 9.55. The van der Waals surface area contributed by atoms with Crippen LogP contribution >= 0.6 is 0 Å². The molecule has 0 radical (unpaired) electrons. The van der Waals surface area contributed by atoms with Gasteiger partial charge in [0.05, 0.1) is 19.9 Å². The predicted octanol–water partition coefficient (Wildman–Crippen LogP) is 2.17. The minimum absolute atomic E-state index is 0.103. The second kappa shape index (κ2) is 6.98. The van der Waals surface area contributed by atoms with E-state index in [1.165, 1.54) is 7.11 Å². The number of hydrogen-bond donors (Lipinski definition) is 3. The summed E-state index contributed by atoms with van der Waals surface area (Å²) < 4.78 is 10.3. The fraction of sp³-hybridized carbons (Fsp3) is 0.333. The second-order valence-corrected chi connectivity index (χ2v) is 4.58. The first-order chi connectivity index (χ1) is 9.70. The number of furan rings is 1. The summed E-state index contributed by atoms with van der Waals surface area (Å²) in [4.78, 5) is 0. The van der Waals surface area contributed by atoms with Gasteiger partial charge in [-0.05, 0) is 42.8 Å². The molecule has 5 nitrogen and oxygen atoms in total. The highest BCUT2D eigenvalue weighted by Gasteiger charge is 2.09. The summed E-state index contributed by atoms with van der Waals surface area (Å²) in [7, 11) is 1.52. The number of phenols is 1. The fourth-order valence-electron chi connectivity index (χ4n) is 1.97. The Morgan fingerprint density at radius 1 is 1.40 bits per heavy atom. The second-order valence-electron chi connectivity index (χ2n) is 4.58. The van der Waals surface area contributed by atoms with E-state index >= 15 is 0 Å². The van der Waals surface area contributed by atoms with Crippen LogP contribution < -0.4 is 15.8 Å². The SMILES string of the molecule is COc1cc(C(N)CCNCc2ccco2)ccc1O. The Kier molecular flexibility index (Phi) is 5.03.